The molecule has 0 spiro atoms. The van der Waals surface area contributed by atoms with Gasteiger partial charge in [0.2, 0.25) is 0 Å². The Kier molecular flexibility index (Phi) is 8.92. The summed E-state index contributed by atoms with van der Waals surface area (Å²) in [4.78, 5) is 27.6. The lowest BCUT2D eigenvalue weighted by Crippen LogP contribution is -2.30. The van der Waals surface area contributed by atoms with Gasteiger partial charge in [0.25, 0.3) is 0 Å². The second kappa shape index (κ2) is 10.8. The van der Waals surface area contributed by atoms with E-state index in [4.69, 9.17) is 4.74 Å². The minimum atomic E-state index is -0.431. The SMILES string of the molecule is CC(CCCCNCc1cc2c(s1)C(Br)=CN(C)C2=C=O)C(C)C(=O)OC(C)(C)C. The number of nitrogens with one attached hydrogen (secondary N) is 1. The van der Waals surface area contributed by atoms with E-state index in [1.165, 1.54) is 4.88 Å². The van der Waals surface area contributed by atoms with Gasteiger partial charge in [0.15, 0.2) is 5.94 Å². The fourth-order valence-corrected chi connectivity index (χ4v) is 5.09. The quantitative estimate of drug-likeness (QED) is 0.280. The topological polar surface area (TPSA) is 58.6 Å². The zero-order chi connectivity index (χ0) is 22.5. The molecule has 0 saturated heterocycles. The van der Waals surface area contributed by atoms with E-state index in [0.29, 0.717) is 11.6 Å². The van der Waals surface area contributed by atoms with Crippen LogP contribution in [0.15, 0.2) is 12.3 Å². The summed E-state index contributed by atoms with van der Waals surface area (Å²) in [5.74, 6) is 2.16. The van der Waals surface area contributed by atoms with Gasteiger partial charge in [-0.15, -0.1) is 11.3 Å². The van der Waals surface area contributed by atoms with E-state index in [0.717, 1.165) is 47.3 Å². The summed E-state index contributed by atoms with van der Waals surface area (Å²) in [7, 11) is 1.85. The molecule has 0 radical (unpaired) electrons. The second-order valence-electron chi connectivity index (χ2n) is 8.97. The summed E-state index contributed by atoms with van der Waals surface area (Å²) in [6.45, 7) is 11.5. The number of nitrogens with zero attached hydrogens (tertiary/aromatic N) is 1. The Hall–Kier alpha value is -1.40. The maximum absolute atomic E-state index is 12.2. The zero-order valence-corrected chi connectivity index (χ0v) is 21.2. The Balaban J connectivity index is 1.73. The minimum absolute atomic E-state index is 0.0840. The maximum atomic E-state index is 12.2. The number of fused-ring (bicyclic) bond motifs is 1. The van der Waals surface area contributed by atoms with Crippen LogP contribution in [-0.4, -0.2) is 36.0 Å². The molecule has 1 aliphatic rings. The fraction of sp³-hybridized carbons (Fsp3) is 0.609. The van der Waals surface area contributed by atoms with Crippen molar-refractivity contribution in [3.8, 4) is 0 Å². The van der Waals surface area contributed by atoms with Crippen molar-refractivity contribution in [1.29, 1.82) is 0 Å². The highest BCUT2D eigenvalue weighted by Gasteiger charge is 2.26. The Morgan fingerprint density at radius 1 is 1.33 bits per heavy atom. The molecule has 2 atom stereocenters. The van der Waals surface area contributed by atoms with Gasteiger partial charge in [-0.3, -0.25) is 4.79 Å². The molecule has 0 amide bonds. The van der Waals surface area contributed by atoms with Crippen molar-refractivity contribution in [3.63, 3.8) is 0 Å². The van der Waals surface area contributed by atoms with E-state index < -0.39 is 5.60 Å². The Morgan fingerprint density at radius 2 is 2.03 bits per heavy atom. The van der Waals surface area contributed by atoms with Crippen LogP contribution in [0.3, 0.4) is 0 Å². The van der Waals surface area contributed by atoms with Gasteiger partial charge in [0.1, 0.15) is 11.3 Å². The molecule has 0 bridgehead atoms. The first-order valence-electron chi connectivity index (χ1n) is 10.5. The average molecular weight is 497 g/mol. The molecule has 5 nitrogen and oxygen atoms in total. The van der Waals surface area contributed by atoms with Crippen LogP contribution in [0, 0.1) is 11.8 Å². The number of ether oxygens (including phenoxy) is 1. The van der Waals surface area contributed by atoms with Crippen LogP contribution in [0.2, 0.25) is 0 Å². The normalized spacial score (nSPS) is 15.9. The first-order chi connectivity index (χ1) is 14.0. The van der Waals surface area contributed by atoms with Crippen LogP contribution in [0.25, 0.3) is 10.2 Å². The Morgan fingerprint density at radius 3 is 2.67 bits per heavy atom. The van der Waals surface area contributed by atoms with Crippen molar-refractivity contribution >= 4 is 49.4 Å². The van der Waals surface area contributed by atoms with E-state index in [1.807, 2.05) is 46.9 Å². The summed E-state index contributed by atoms with van der Waals surface area (Å²) < 4.78 is 6.48. The van der Waals surface area contributed by atoms with Crippen molar-refractivity contribution in [2.45, 2.75) is 66.0 Å². The standard InChI is InChI=1S/C23H33BrN2O3S/c1-15(16(2)22(28)29-23(3,4)5)9-7-8-10-25-12-17-11-18-20(14-27)26(6)13-19(24)21(18)30-17/h11,13,15-16,25H,7-10,12H2,1-6H3. The zero-order valence-electron chi connectivity index (χ0n) is 18.8. The van der Waals surface area contributed by atoms with Gasteiger partial charge >= 0.3 is 5.97 Å². The largest absolute Gasteiger partial charge is 0.460 e. The number of rotatable bonds is 9. The highest BCUT2D eigenvalue weighted by atomic mass is 79.9. The molecular formula is C23H33BrN2O3S. The monoisotopic (exact) mass is 496 g/mol. The lowest BCUT2D eigenvalue weighted by atomic mass is 9.91. The second-order valence-corrected chi connectivity index (χ2v) is 11.0. The number of hydrogen-bond acceptors (Lipinski definition) is 6. The molecule has 0 aliphatic carbocycles. The summed E-state index contributed by atoms with van der Waals surface area (Å²) in [5, 5.41) is 3.49. The van der Waals surface area contributed by atoms with Crippen molar-refractivity contribution in [2.75, 3.05) is 13.6 Å². The molecular weight excluding hydrogens is 464 g/mol. The van der Waals surface area contributed by atoms with Crippen LogP contribution in [0.1, 0.15) is 69.2 Å². The molecule has 1 N–H and O–H groups in total. The van der Waals surface area contributed by atoms with Crippen LogP contribution in [-0.2, 0) is 20.9 Å². The molecule has 7 heteroatoms. The van der Waals surface area contributed by atoms with Gasteiger partial charge < -0.3 is 15.0 Å². The van der Waals surface area contributed by atoms with Crippen LogP contribution in [0.5, 0.6) is 0 Å². The first-order valence-corrected chi connectivity index (χ1v) is 12.1. The smallest absolute Gasteiger partial charge is 0.309 e. The van der Waals surface area contributed by atoms with Gasteiger partial charge in [-0.2, -0.15) is 0 Å². The van der Waals surface area contributed by atoms with Gasteiger partial charge in [0.05, 0.1) is 15.3 Å². The summed E-state index contributed by atoms with van der Waals surface area (Å²) in [5.41, 5.74) is 1.08. The van der Waals surface area contributed by atoms with E-state index in [-0.39, 0.29) is 11.9 Å². The summed E-state index contributed by atoms with van der Waals surface area (Å²) in [6.07, 6.45) is 5.03. The van der Waals surface area contributed by atoms with E-state index in [9.17, 15) is 9.59 Å². The predicted octanol–water partition coefficient (Wildman–Crippen LogP) is 5.43. The highest BCUT2D eigenvalue weighted by molar-refractivity contribution is 9.15. The Bertz CT molecular complexity index is 834. The van der Waals surface area contributed by atoms with Crippen molar-refractivity contribution in [2.24, 2.45) is 11.8 Å². The van der Waals surface area contributed by atoms with Crippen LogP contribution < -0.4 is 5.32 Å². The number of thiophene rings is 1. The molecule has 2 rings (SSSR count). The van der Waals surface area contributed by atoms with Gasteiger partial charge in [0, 0.05) is 30.2 Å². The van der Waals surface area contributed by atoms with E-state index in [1.54, 1.807) is 16.2 Å². The predicted molar refractivity (Wildman–Crippen MR) is 128 cm³/mol. The number of unbranched alkanes of at least 4 members (excludes halogenated alkanes) is 1. The molecule has 1 aliphatic heterocycles. The maximum Gasteiger partial charge on any atom is 0.309 e. The third-order valence-electron chi connectivity index (χ3n) is 5.21. The lowest BCUT2D eigenvalue weighted by molar-refractivity contribution is -0.161. The molecule has 0 saturated carbocycles. The minimum Gasteiger partial charge on any atom is -0.460 e. The molecule has 2 unspecified atom stereocenters. The van der Waals surface area contributed by atoms with Crippen molar-refractivity contribution in [3.05, 3.63) is 27.6 Å². The van der Waals surface area contributed by atoms with E-state index >= 15 is 0 Å². The average Bonchev–Trinajstić information content (AvgIpc) is 3.07. The van der Waals surface area contributed by atoms with Crippen molar-refractivity contribution < 1.29 is 14.3 Å². The van der Waals surface area contributed by atoms with Crippen LogP contribution >= 0.6 is 27.3 Å². The van der Waals surface area contributed by atoms with Crippen molar-refractivity contribution in [1.82, 2.24) is 10.2 Å². The number of hydrogen-bond donors (Lipinski definition) is 1. The number of esters is 1. The highest BCUT2D eigenvalue weighted by Crippen LogP contribution is 2.40. The van der Waals surface area contributed by atoms with Gasteiger partial charge in [-0.25, -0.2) is 4.79 Å². The number of carbonyl (C=O) groups is 1. The van der Waals surface area contributed by atoms with Gasteiger partial charge in [-0.05, 0) is 68.1 Å². The fourth-order valence-electron chi connectivity index (χ4n) is 3.30. The third kappa shape index (κ3) is 6.81. The molecule has 0 fully saturated rings. The molecule has 1 aromatic heterocycles. The van der Waals surface area contributed by atoms with Gasteiger partial charge in [-0.1, -0.05) is 20.3 Å². The molecule has 2 heterocycles. The Labute approximate surface area is 192 Å². The summed E-state index contributed by atoms with van der Waals surface area (Å²) >= 11 is 5.27. The molecule has 166 valence electrons. The van der Waals surface area contributed by atoms with Crippen LogP contribution in [0.4, 0.5) is 0 Å². The third-order valence-corrected chi connectivity index (χ3v) is 7.24. The first kappa shape index (κ1) is 24.9. The molecule has 1 aromatic rings. The number of halogens is 1. The van der Waals surface area contributed by atoms with E-state index in [2.05, 4.69) is 34.2 Å². The molecule has 0 aromatic carbocycles. The summed E-state index contributed by atoms with van der Waals surface area (Å²) in [6, 6.07) is 2.07. The number of carbonyl (C=O) groups excluding carboxylic acids is 2. The molecule has 30 heavy (non-hydrogen) atoms. The lowest BCUT2D eigenvalue weighted by Gasteiger charge is -2.25.